The van der Waals surface area contributed by atoms with E-state index in [9.17, 15) is 14.9 Å². The van der Waals surface area contributed by atoms with Gasteiger partial charge >= 0.3 is 0 Å². The Morgan fingerprint density at radius 1 is 1.15 bits per heavy atom. The average molecular weight is 366 g/mol. The van der Waals surface area contributed by atoms with Gasteiger partial charge in [-0.1, -0.05) is 30.0 Å². The van der Waals surface area contributed by atoms with E-state index in [2.05, 4.69) is 15.5 Å². The molecule has 0 unspecified atom stereocenters. The van der Waals surface area contributed by atoms with Crippen molar-refractivity contribution < 1.29 is 9.72 Å². The predicted octanol–water partition coefficient (Wildman–Crippen LogP) is 4.25. The van der Waals surface area contributed by atoms with E-state index in [-0.39, 0.29) is 16.5 Å². The second-order valence-corrected chi connectivity index (χ2v) is 6.35. The number of ketones is 1. The smallest absolute Gasteiger partial charge is 0.269 e. The van der Waals surface area contributed by atoms with Gasteiger partial charge in [-0.05, 0) is 24.3 Å². The van der Waals surface area contributed by atoms with Crippen molar-refractivity contribution in [3.8, 4) is 0 Å². The van der Waals surface area contributed by atoms with Crippen molar-refractivity contribution in [1.82, 2.24) is 4.98 Å². The summed E-state index contributed by atoms with van der Waals surface area (Å²) in [5.41, 5.74) is 4.10. The number of Topliss-reactive ketones (excluding diaryl/α,β-unsaturated/α-hetero) is 1. The Bertz CT molecular complexity index is 997. The van der Waals surface area contributed by atoms with E-state index in [4.69, 9.17) is 0 Å². The molecule has 1 heterocycles. The first-order chi connectivity index (χ1) is 12.5. The normalized spacial score (nSPS) is 11.3. The minimum atomic E-state index is -0.475. The Labute approximate surface area is 153 Å². The van der Waals surface area contributed by atoms with E-state index in [1.165, 1.54) is 43.0 Å². The van der Waals surface area contributed by atoms with E-state index in [1.807, 2.05) is 30.3 Å². The van der Waals surface area contributed by atoms with E-state index in [1.54, 1.807) is 6.20 Å². The lowest BCUT2D eigenvalue weighted by atomic mass is 10.2. The van der Waals surface area contributed by atoms with Crippen LogP contribution in [-0.2, 0) is 4.79 Å². The molecule has 8 heteroatoms. The van der Waals surface area contributed by atoms with Crippen LogP contribution >= 0.6 is 11.8 Å². The van der Waals surface area contributed by atoms with Gasteiger partial charge in [0.25, 0.3) is 5.69 Å². The molecule has 0 atom stereocenters. The van der Waals surface area contributed by atoms with Crippen molar-refractivity contribution in [3.05, 3.63) is 70.9 Å². The quantitative estimate of drug-likeness (QED) is 0.238. The van der Waals surface area contributed by atoms with Crippen molar-refractivity contribution in [2.75, 3.05) is 5.43 Å². The molecule has 1 aromatic heterocycles. The van der Waals surface area contributed by atoms with Crippen molar-refractivity contribution >= 4 is 44.9 Å². The van der Waals surface area contributed by atoms with Crippen LogP contribution in [0.3, 0.4) is 0 Å². The topological polar surface area (TPSA) is 97.5 Å². The number of anilines is 1. The van der Waals surface area contributed by atoms with Gasteiger partial charge in [0, 0.05) is 35.5 Å². The summed E-state index contributed by atoms with van der Waals surface area (Å²) < 4.78 is 0. The maximum atomic E-state index is 11.9. The maximum Gasteiger partial charge on any atom is 0.269 e. The van der Waals surface area contributed by atoms with Crippen LogP contribution in [0.5, 0.6) is 0 Å². The molecule has 0 aliphatic heterocycles. The van der Waals surface area contributed by atoms with Crippen LogP contribution < -0.4 is 5.43 Å². The number of nitrogens with zero attached hydrogens (tertiary/aromatic N) is 3. The molecule has 2 aromatic carbocycles. The Kier molecular flexibility index (Phi) is 5.23. The first-order valence-corrected chi connectivity index (χ1v) is 8.47. The lowest BCUT2D eigenvalue weighted by Gasteiger charge is -2.07. The van der Waals surface area contributed by atoms with Crippen molar-refractivity contribution in [3.63, 3.8) is 0 Å². The molecule has 0 bridgehead atoms. The number of nitro groups is 1. The van der Waals surface area contributed by atoms with E-state index in [0.717, 1.165) is 15.8 Å². The van der Waals surface area contributed by atoms with Crippen molar-refractivity contribution in [1.29, 1.82) is 0 Å². The number of para-hydroxylation sites is 1. The van der Waals surface area contributed by atoms with Crippen LogP contribution in [0.1, 0.15) is 6.92 Å². The number of carbonyl (C=O) groups is 1. The number of pyridine rings is 1. The Morgan fingerprint density at radius 3 is 2.58 bits per heavy atom. The number of aromatic nitrogens is 1. The van der Waals surface area contributed by atoms with Crippen molar-refractivity contribution in [2.45, 2.75) is 11.8 Å². The number of hydrazone groups is 1. The summed E-state index contributed by atoms with van der Waals surface area (Å²) in [6.07, 6.45) is 1.70. The third-order valence-corrected chi connectivity index (χ3v) is 4.59. The second-order valence-electron chi connectivity index (χ2n) is 5.32. The van der Waals surface area contributed by atoms with Gasteiger partial charge in [-0.25, -0.2) is 0 Å². The number of nitrogens with one attached hydrogen (secondary N) is 1. The lowest BCUT2D eigenvalue weighted by molar-refractivity contribution is -0.384. The van der Waals surface area contributed by atoms with Crippen LogP contribution in [0.2, 0.25) is 0 Å². The number of non-ortho nitro benzene ring substituents is 1. The molecule has 26 heavy (non-hydrogen) atoms. The molecule has 0 fully saturated rings. The molecule has 0 aliphatic rings. The Morgan fingerprint density at radius 2 is 1.88 bits per heavy atom. The minimum Gasteiger partial charge on any atom is -0.292 e. The molecule has 0 amide bonds. The van der Waals surface area contributed by atoms with Crippen LogP contribution in [0.15, 0.2) is 70.8 Å². The summed E-state index contributed by atoms with van der Waals surface area (Å²) in [6.45, 7) is 1.43. The standard InChI is InChI=1S/C18H14N4O3S/c1-12(23)18(21-20-14-7-9-15(10-8-14)22(24)25)26-16-6-2-4-13-5-3-11-19-17(13)16/h2-11,20H,1H3/b21-18+. The zero-order chi connectivity index (χ0) is 18.5. The highest BCUT2D eigenvalue weighted by Crippen LogP contribution is 2.27. The number of thioether (sulfide) groups is 1. The molecule has 3 rings (SSSR count). The summed E-state index contributed by atoms with van der Waals surface area (Å²) in [4.78, 5) is 27.3. The molecule has 0 saturated heterocycles. The zero-order valence-electron chi connectivity index (χ0n) is 13.7. The van der Waals surface area contributed by atoms with Gasteiger partial charge in [-0.15, -0.1) is 0 Å². The lowest BCUT2D eigenvalue weighted by Crippen LogP contribution is -2.08. The number of benzene rings is 2. The number of fused-ring (bicyclic) bond motifs is 1. The first-order valence-electron chi connectivity index (χ1n) is 7.65. The molecule has 7 nitrogen and oxygen atoms in total. The van der Waals surface area contributed by atoms with Gasteiger partial charge in [-0.2, -0.15) is 5.10 Å². The highest BCUT2D eigenvalue weighted by Gasteiger charge is 2.12. The Hall–Kier alpha value is -3.26. The molecule has 1 N–H and O–H groups in total. The summed E-state index contributed by atoms with van der Waals surface area (Å²) in [6, 6.07) is 15.3. The van der Waals surface area contributed by atoms with Gasteiger partial charge in [0.05, 0.1) is 16.1 Å². The molecule has 130 valence electrons. The zero-order valence-corrected chi connectivity index (χ0v) is 14.6. The van der Waals surface area contributed by atoms with Gasteiger partial charge in [0.1, 0.15) is 0 Å². The fraction of sp³-hybridized carbons (Fsp3) is 0.0556. The number of carbonyl (C=O) groups excluding carboxylic acids is 1. The van der Waals surface area contributed by atoms with Crippen LogP contribution in [0.4, 0.5) is 11.4 Å². The maximum absolute atomic E-state index is 11.9. The highest BCUT2D eigenvalue weighted by molar-refractivity contribution is 8.15. The van der Waals surface area contributed by atoms with Crippen LogP contribution in [0.25, 0.3) is 10.9 Å². The molecule has 0 saturated carbocycles. The molecular formula is C18H14N4O3S. The number of hydrogen-bond acceptors (Lipinski definition) is 7. The summed E-state index contributed by atoms with van der Waals surface area (Å²) in [7, 11) is 0. The molecule has 0 spiro atoms. The van der Waals surface area contributed by atoms with E-state index in [0.29, 0.717) is 5.69 Å². The fourth-order valence-electron chi connectivity index (χ4n) is 2.21. The number of nitro benzene ring substituents is 1. The molecule has 0 radical (unpaired) electrons. The number of rotatable bonds is 5. The van der Waals surface area contributed by atoms with Gasteiger partial charge in [-0.3, -0.25) is 25.3 Å². The minimum absolute atomic E-state index is 0.0116. The highest BCUT2D eigenvalue weighted by atomic mass is 32.2. The van der Waals surface area contributed by atoms with E-state index < -0.39 is 4.92 Å². The van der Waals surface area contributed by atoms with Gasteiger partial charge in [0.2, 0.25) is 0 Å². The fourth-order valence-corrected chi connectivity index (χ4v) is 3.07. The summed E-state index contributed by atoms with van der Waals surface area (Å²) >= 11 is 1.22. The van der Waals surface area contributed by atoms with Gasteiger partial charge in [0.15, 0.2) is 10.8 Å². The molecule has 0 aliphatic carbocycles. The monoisotopic (exact) mass is 366 g/mol. The third-order valence-electron chi connectivity index (χ3n) is 3.47. The summed E-state index contributed by atoms with van der Waals surface area (Å²) in [5.74, 6) is -0.197. The summed E-state index contributed by atoms with van der Waals surface area (Å²) in [5, 5.41) is 16.1. The first kappa shape index (κ1) is 17.6. The second kappa shape index (κ2) is 7.75. The number of hydrogen-bond donors (Lipinski definition) is 1. The van der Waals surface area contributed by atoms with Gasteiger partial charge < -0.3 is 0 Å². The average Bonchev–Trinajstić information content (AvgIpc) is 2.65. The SMILES string of the molecule is CC(=O)/C(=N\Nc1ccc([N+](=O)[O-])cc1)Sc1cccc2cccnc12. The van der Waals surface area contributed by atoms with Crippen LogP contribution in [0, 0.1) is 10.1 Å². The molecular weight excluding hydrogens is 352 g/mol. The predicted molar refractivity (Wildman–Crippen MR) is 102 cm³/mol. The van der Waals surface area contributed by atoms with Crippen LogP contribution in [-0.4, -0.2) is 20.7 Å². The largest absolute Gasteiger partial charge is 0.292 e. The van der Waals surface area contributed by atoms with E-state index >= 15 is 0 Å². The Balaban J connectivity index is 1.83. The van der Waals surface area contributed by atoms with Crippen molar-refractivity contribution in [2.24, 2.45) is 5.10 Å². The third kappa shape index (κ3) is 4.04. The molecule has 3 aromatic rings.